The van der Waals surface area contributed by atoms with E-state index in [9.17, 15) is 9.59 Å². The van der Waals surface area contributed by atoms with Crippen LogP contribution in [0.5, 0.6) is 0 Å². The number of pyridine rings is 1. The van der Waals surface area contributed by atoms with Crippen molar-refractivity contribution in [2.24, 2.45) is 0 Å². The van der Waals surface area contributed by atoms with Gasteiger partial charge in [0.15, 0.2) is 0 Å². The van der Waals surface area contributed by atoms with Crippen LogP contribution < -0.4 is 5.32 Å². The second-order valence-corrected chi connectivity index (χ2v) is 3.62. The fourth-order valence-corrected chi connectivity index (χ4v) is 1.39. The average Bonchev–Trinajstić information content (AvgIpc) is 2.30. The third kappa shape index (κ3) is 3.76. The fourth-order valence-electron chi connectivity index (χ4n) is 0.941. The first-order valence-electron chi connectivity index (χ1n) is 4.66. The minimum absolute atomic E-state index is 0.174. The summed E-state index contributed by atoms with van der Waals surface area (Å²) in [7, 11) is 0. The van der Waals surface area contributed by atoms with E-state index < -0.39 is 11.9 Å². The normalized spacial score (nSPS) is 9.62. The van der Waals surface area contributed by atoms with Crippen molar-refractivity contribution in [3.05, 3.63) is 23.9 Å². The Balaban J connectivity index is 2.59. The highest BCUT2D eigenvalue weighted by Gasteiger charge is 2.14. The Morgan fingerprint density at radius 1 is 1.50 bits per heavy atom. The van der Waals surface area contributed by atoms with Gasteiger partial charge in [-0.2, -0.15) is 0 Å². The fraction of sp³-hybridized carbons (Fsp3) is 0.300. The summed E-state index contributed by atoms with van der Waals surface area (Å²) >= 11 is 2.21. The standard InChI is InChI=1S/C10H11IN2O3/c1-2-16-10(15)9(14)13-8-4-3-7(5-11)6-12-8/h3-4,6H,2,5H2,1H3,(H,12,13,14). The molecule has 0 unspecified atom stereocenters. The lowest BCUT2D eigenvalue weighted by molar-refractivity contribution is -0.152. The molecule has 0 bridgehead atoms. The van der Waals surface area contributed by atoms with Gasteiger partial charge < -0.3 is 10.1 Å². The molecule has 1 aromatic rings. The number of alkyl halides is 1. The molecule has 0 spiro atoms. The number of ether oxygens (including phenoxy) is 1. The van der Waals surface area contributed by atoms with Gasteiger partial charge in [0.05, 0.1) is 6.61 Å². The predicted octanol–water partition coefficient (Wildman–Crippen LogP) is 1.52. The number of esters is 1. The number of carbonyl (C=O) groups excluding carboxylic acids is 2. The molecule has 6 heteroatoms. The summed E-state index contributed by atoms with van der Waals surface area (Å²) in [5.41, 5.74) is 1.05. The van der Waals surface area contributed by atoms with Crippen LogP contribution in [0, 0.1) is 0 Å². The number of aromatic nitrogens is 1. The van der Waals surface area contributed by atoms with Gasteiger partial charge in [0.25, 0.3) is 0 Å². The first-order valence-corrected chi connectivity index (χ1v) is 6.19. The molecule has 0 radical (unpaired) electrons. The van der Waals surface area contributed by atoms with E-state index in [1.165, 1.54) is 0 Å². The number of amides is 1. The molecule has 0 aliphatic heterocycles. The van der Waals surface area contributed by atoms with E-state index in [2.05, 4.69) is 37.6 Å². The third-order valence-corrected chi connectivity index (χ3v) is 2.56. The van der Waals surface area contributed by atoms with Crippen LogP contribution in [0.4, 0.5) is 5.82 Å². The largest absolute Gasteiger partial charge is 0.459 e. The Morgan fingerprint density at radius 3 is 2.75 bits per heavy atom. The molecule has 0 saturated heterocycles. The number of halogens is 1. The van der Waals surface area contributed by atoms with Crippen LogP contribution >= 0.6 is 22.6 Å². The molecule has 0 saturated carbocycles. The number of nitrogens with zero attached hydrogens (tertiary/aromatic N) is 1. The molecule has 1 rings (SSSR count). The summed E-state index contributed by atoms with van der Waals surface area (Å²) in [5, 5.41) is 2.35. The number of rotatable bonds is 3. The monoisotopic (exact) mass is 334 g/mol. The maximum Gasteiger partial charge on any atom is 0.397 e. The van der Waals surface area contributed by atoms with E-state index in [1.54, 1.807) is 19.2 Å². The van der Waals surface area contributed by atoms with Gasteiger partial charge in [0.1, 0.15) is 5.82 Å². The number of anilines is 1. The van der Waals surface area contributed by atoms with Crippen molar-refractivity contribution in [1.82, 2.24) is 4.98 Å². The SMILES string of the molecule is CCOC(=O)C(=O)Nc1ccc(CI)cn1. The van der Waals surface area contributed by atoms with E-state index in [4.69, 9.17) is 0 Å². The quantitative estimate of drug-likeness (QED) is 0.394. The van der Waals surface area contributed by atoms with E-state index in [-0.39, 0.29) is 6.61 Å². The van der Waals surface area contributed by atoms with Gasteiger partial charge in [-0.05, 0) is 18.6 Å². The summed E-state index contributed by atoms with van der Waals surface area (Å²) in [4.78, 5) is 26.2. The first-order chi connectivity index (χ1) is 7.67. The highest BCUT2D eigenvalue weighted by Crippen LogP contribution is 2.08. The van der Waals surface area contributed by atoms with E-state index >= 15 is 0 Å². The van der Waals surface area contributed by atoms with E-state index in [1.807, 2.05) is 6.07 Å². The summed E-state index contributed by atoms with van der Waals surface area (Å²) in [6, 6.07) is 3.48. The van der Waals surface area contributed by atoms with Crippen LogP contribution in [-0.2, 0) is 18.8 Å². The van der Waals surface area contributed by atoms with Gasteiger partial charge in [-0.1, -0.05) is 28.7 Å². The molecule has 16 heavy (non-hydrogen) atoms. The molecular weight excluding hydrogens is 323 g/mol. The van der Waals surface area contributed by atoms with Gasteiger partial charge in [-0.3, -0.25) is 4.79 Å². The highest BCUT2D eigenvalue weighted by atomic mass is 127. The van der Waals surface area contributed by atoms with Crippen LogP contribution in [0.3, 0.4) is 0 Å². The molecule has 0 fully saturated rings. The van der Waals surface area contributed by atoms with Crippen LogP contribution in [0.15, 0.2) is 18.3 Å². The summed E-state index contributed by atoms with van der Waals surface area (Å²) < 4.78 is 5.38. The third-order valence-electron chi connectivity index (χ3n) is 1.68. The minimum Gasteiger partial charge on any atom is -0.459 e. The average molecular weight is 334 g/mol. The number of hydrogen-bond donors (Lipinski definition) is 1. The lowest BCUT2D eigenvalue weighted by Gasteiger charge is -2.03. The Morgan fingerprint density at radius 2 is 2.25 bits per heavy atom. The van der Waals surface area contributed by atoms with E-state index in [0.717, 1.165) is 9.99 Å². The number of nitrogens with one attached hydrogen (secondary N) is 1. The Hall–Kier alpha value is -1.18. The van der Waals surface area contributed by atoms with Crippen molar-refractivity contribution in [3.63, 3.8) is 0 Å². The molecule has 1 heterocycles. The van der Waals surface area contributed by atoms with Crippen LogP contribution in [0.25, 0.3) is 0 Å². The highest BCUT2D eigenvalue weighted by molar-refractivity contribution is 14.1. The van der Waals surface area contributed by atoms with Crippen molar-refractivity contribution in [2.45, 2.75) is 11.4 Å². The smallest absolute Gasteiger partial charge is 0.397 e. The molecule has 0 aliphatic rings. The molecule has 1 amide bonds. The molecule has 0 aromatic carbocycles. The van der Waals surface area contributed by atoms with Crippen LogP contribution in [0.1, 0.15) is 12.5 Å². The van der Waals surface area contributed by atoms with Gasteiger partial charge >= 0.3 is 11.9 Å². The van der Waals surface area contributed by atoms with Crippen molar-refractivity contribution in [3.8, 4) is 0 Å². The maximum absolute atomic E-state index is 11.2. The summed E-state index contributed by atoms with van der Waals surface area (Å²) in [5.74, 6) is -1.37. The Kier molecular flexibility index (Phi) is 5.17. The molecule has 0 aliphatic carbocycles. The zero-order valence-corrected chi connectivity index (χ0v) is 10.9. The zero-order valence-electron chi connectivity index (χ0n) is 8.70. The lowest BCUT2D eigenvalue weighted by Crippen LogP contribution is -2.25. The van der Waals surface area contributed by atoms with Crippen molar-refractivity contribution in [1.29, 1.82) is 0 Å². The second kappa shape index (κ2) is 6.41. The molecule has 1 aromatic heterocycles. The maximum atomic E-state index is 11.2. The molecule has 86 valence electrons. The van der Waals surface area contributed by atoms with Crippen molar-refractivity contribution in [2.75, 3.05) is 11.9 Å². The van der Waals surface area contributed by atoms with E-state index in [0.29, 0.717) is 5.82 Å². The topological polar surface area (TPSA) is 68.3 Å². The molecule has 1 N–H and O–H groups in total. The first kappa shape index (κ1) is 12.9. The van der Waals surface area contributed by atoms with Gasteiger partial charge in [0, 0.05) is 10.6 Å². The Labute approximate surface area is 107 Å². The number of carbonyl (C=O) groups is 2. The Bertz CT molecular complexity index is 378. The molecule has 5 nitrogen and oxygen atoms in total. The molecular formula is C10H11IN2O3. The van der Waals surface area contributed by atoms with Crippen molar-refractivity contribution < 1.29 is 14.3 Å². The lowest BCUT2D eigenvalue weighted by atomic mass is 10.3. The van der Waals surface area contributed by atoms with Gasteiger partial charge in [-0.15, -0.1) is 0 Å². The summed E-state index contributed by atoms with van der Waals surface area (Å²) in [6.07, 6.45) is 1.65. The summed E-state index contributed by atoms with van der Waals surface area (Å²) in [6.45, 7) is 1.81. The second-order valence-electron chi connectivity index (χ2n) is 2.86. The van der Waals surface area contributed by atoms with Crippen molar-refractivity contribution >= 4 is 40.3 Å². The molecule has 0 atom stereocenters. The van der Waals surface area contributed by atoms with Crippen LogP contribution in [-0.4, -0.2) is 23.5 Å². The number of hydrogen-bond acceptors (Lipinski definition) is 4. The van der Waals surface area contributed by atoms with Crippen LogP contribution in [0.2, 0.25) is 0 Å². The minimum atomic E-state index is -0.901. The predicted molar refractivity (Wildman–Crippen MR) is 67.2 cm³/mol. The zero-order chi connectivity index (χ0) is 12.0. The van der Waals surface area contributed by atoms with Gasteiger partial charge in [-0.25, -0.2) is 9.78 Å². The van der Waals surface area contributed by atoms with Gasteiger partial charge in [0.2, 0.25) is 0 Å².